The minimum Gasteiger partial charge on any atom is -0.353 e. The topological polar surface area (TPSA) is 95.6 Å². The Bertz CT molecular complexity index is 855. The summed E-state index contributed by atoms with van der Waals surface area (Å²) in [6.45, 7) is 2.95. The summed E-state index contributed by atoms with van der Waals surface area (Å²) in [5.41, 5.74) is 1.65. The molecule has 3 rings (SSSR count). The fourth-order valence-electron chi connectivity index (χ4n) is 4.16. The van der Waals surface area contributed by atoms with Gasteiger partial charge in [0.15, 0.2) is 0 Å². The van der Waals surface area contributed by atoms with E-state index in [4.69, 9.17) is 0 Å². The van der Waals surface area contributed by atoms with Crippen LogP contribution in [0.15, 0.2) is 18.2 Å². The second kappa shape index (κ2) is 9.15. The van der Waals surface area contributed by atoms with Crippen molar-refractivity contribution in [3.63, 3.8) is 0 Å². The summed E-state index contributed by atoms with van der Waals surface area (Å²) in [6.07, 6.45) is 8.05. The number of benzene rings is 1. The van der Waals surface area contributed by atoms with Gasteiger partial charge in [0.05, 0.1) is 11.9 Å². The molecule has 2 N–H and O–H groups in total. The van der Waals surface area contributed by atoms with Gasteiger partial charge in [0.25, 0.3) is 5.91 Å². The lowest BCUT2D eigenvalue weighted by atomic mass is 9.88. The van der Waals surface area contributed by atoms with E-state index in [0.717, 1.165) is 50.3 Å². The predicted octanol–water partition coefficient (Wildman–Crippen LogP) is 2.67. The third-order valence-corrected chi connectivity index (χ3v) is 6.48. The number of rotatable bonds is 5. The molecule has 1 aromatic carbocycles. The lowest BCUT2D eigenvalue weighted by Gasteiger charge is -2.33. The zero-order valence-electron chi connectivity index (χ0n) is 17.2. The van der Waals surface area contributed by atoms with E-state index in [2.05, 4.69) is 10.0 Å². The van der Waals surface area contributed by atoms with Gasteiger partial charge in [0.2, 0.25) is 15.9 Å². The van der Waals surface area contributed by atoms with Gasteiger partial charge in [-0.1, -0.05) is 25.3 Å². The van der Waals surface area contributed by atoms with Gasteiger partial charge in [-0.25, -0.2) is 8.42 Å². The molecule has 1 saturated heterocycles. The molecular formula is C21H31N3O4S. The summed E-state index contributed by atoms with van der Waals surface area (Å²) in [6, 6.07) is 5.18. The minimum atomic E-state index is -3.41. The molecule has 1 aliphatic carbocycles. The maximum absolute atomic E-state index is 12.9. The molecular weight excluding hydrogens is 390 g/mol. The fraction of sp³-hybridized carbons (Fsp3) is 0.619. The van der Waals surface area contributed by atoms with E-state index in [1.807, 2.05) is 0 Å². The first kappa shape index (κ1) is 21.6. The van der Waals surface area contributed by atoms with E-state index < -0.39 is 10.0 Å². The molecule has 0 unspecified atom stereocenters. The number of hydrogen-bond acceptors (Lipinski definition) is 4. The number of likely N-dealkylation sites (tertiary alicyclic amines) is 1. The Labute approximate surface area is 173 Å². The number of aryl methyl sites for hydroxylation is 1. The van der Waals surface area contributed by atoms with Crippen molar-refractivity contribution in [3.8, 4) is 0 Å². The second-order valence-corrected chi connectivity index (χ2v) is 10.1. The van der Waals surface area contributed by atoms with E-state index in [0.29, 0.717) is 24.3 Å². The van der Waals surface area contributed by atoms with Crippen molar-refractivity contribution in [2.75, 3.05) is 24.1 Å². The molecule has 0 spiro atoms. The molecule has 160 valence electrons. The highest BCUT2D eigenvalue weighted by Gasteiger charge is 2.28. The smallest absolute Gasteiger partial charge is 0.253 e. The summed E-state index contributed by atoms with van der Waals surface area (Å²) in [5.74, 6) is 0.208. The van der Waals surface area contributed by atoms with Crippen LogP contribution in [-0.4, -0.2) is 50.5 Å². The van der Waals surface area contributed by atoms with E-state index in [9.17, 15) is 18.0 Å². The van der Waals surface area contributed by atoms with Gasteiger partial charge in [-0.2, -0.15) is 0 Å². The third-order valence-electron chi connectivity index (χ3n) is 5.88. The minimum absolute atomic E-state index is 0.112. The van der Waals surface area contributed by atoms with Gasteiger partial charge in [-0.15, -0.1) is 0 Å². The highest BCUT2D eigenvalue weighted by Crippen LogP contribution is 2.25. The maximum atomic E-state index is 12.9. The van der Waals surface area contributed by atoms with Gasteiger partial charge in [-0.3, -0.25) is 14.3 Å². The molecule has 1 saturated carbocycles. The summed E-state index contributed by atoms with van der Waals surface area (Å²) in [4.78, 5) is 27.1. The number of piperidine rings is 1. The highest BCUT2D eigenvalue weighted by atomic mass is 32.2. The number of anilines is 1. The molecule has 0 bridgehead atoms. The molecule has 8 heteroatoms. The molecule has 2 fully saturated rings. The lowest BCUT2D eigenvalue weighted by Crippen LogP contribution is -2.48. The molecule has 0 aromatic heterocycles. The van der Waals surface area contributed by atoms with Gasteiger partial charge in [-0.05, 0) is 50.3 Å². The standard InChI is InChI=1S/C21H31N3O4S/c1-15-8-9-17(14-19(15)23-29(2,27)28)21(26)24-12-10-18(11-13-24)22-20(25)16-6-4-3-5-7-16/h8-9,14,16,18,23H,3-7,10-13H2,1-2H3,(H,22,25). The van der Waals surface area contributed by atoms with Crippen LogP contribution in [0.2, 0.25) is 0 Å². The van der Waals surface area contributed by atoms with Crippen LogP contribution in [0.3, 0.4) is 0 Å². The van der Waals surface area contributed by atoms with Crippen molar-refractivity contribution in [2.45, 2.75) is 57.9 Å². The van der Waals surface area contributed by atoms with E-state index in [-0.39, 0.29) is 23.8 Å². The Hall–Kier alpha value is -2.09. The monoisotopic (exact) mass is 421 g/mol. The fourth-order valence-corrected chi connectivity index (χ4v) is 4.78. The summed E-state index contributed by atoms with van der Waals surface area (Å²) in [7, 11) is -3.41. The number of hydrogen-bond donors (Lipinski definition) is 2. The summed E-state index contributed by atoms with van der Waals surface area (Å²) < 4.78 is 25.5. The van der Waals surface area contributed by atoms with Crippen LogP contribution >= 0.6 is 0 Å². The van der Waals surface area contributed by atoms with Crippen LogP contribution < -0.4 is 10.0 Å². The molecule has 7 nitrogen and oxygen atoms in total. The molecule has 1 heterocycles. The van der Waals surface area contributed by atoms with Crippen molar-refractivity contribution in [3.05, 3.63) is 29.3 Å². The number of carbonyl (C=O) groups excluding carboxylic acids is 2. The Morgan fingerprint density at radius 1 is 1.03 bits per heavy atom. The van der Waals surface area contributed by atoms with Crippen molar-refractivity contribution >= 4 is 27.5 Å². The lowest BCUT2D eigenvalue weighted by molar-refractivity contribution is -0.126. The van der Waals surface area contributed by atoms with Crippen LogP contribution in [0.1, 0.15) is 60.9 Å². The summed E-state index contributed by atoms with van der Waals surface area (Å²) in [5, 5.41) is 3.18. The van der Waals surface area contributed by atoms with Crippen LogP contribution in [0, 0.1) is 12.8 Å². The number of amides is 2. The number of nitrogens with one attached hydrogen (secondary N) is 2. The van der Waals surface area contributed by atoms with Gasteiger partial charge < -0.3 is 10.2 Å². The Kier molecular flexibility index (Phi) is 6.82. The molecule has 2 amide bonds. The SMILES string of the molecule is Cc1ccc(C(=O)N2CCC(NC(=O)C3CCCCC3)CC2)cc1NS(C)(=O)=O. The predicted molar refractivity (Wildman–Crippen MR) is 113 cm³/mol. The quantitative estimate of drug-likeness (QED) is 0.764. The molecule has 0 atom stereocenters. The summed E-state index contributed by atoms with van der Waals surface area (Å²) >= 11 is 0. The number of nitrogens with zero attached hydrogens (tertiary/aromatic N) is 1. The van der Waals surface area contributed by atoms with Crippen molar-refractivity contribution in [1.82, 2.24) is 10.2 Å². The van der Waals surface area contributed by atoms with E-state index in [1.54, 1.807) is 30.0 Å². The normalized spacial score (nSPS) is 19.0. The van der Waals surface area contributed by atoms with Crippen LogP contribution in [-0.2, 0) is 14.8 Å². The molecule has 1 aromatic rings. The van der Waals surface area contributed by atoms with Crippen molar-refractivity contribution < 1.29 is 18.0 Å². The largest absolute Gasteiger partial charge is 0.353 e. The molecule has 0 radical (unpaired) electrons. The zero-order chi connectivity index (χ0) is 21.0. The van der Waals surface area contributed by atoms with Gasteiger partial charge in [0, 0.05) is 30.6 Å². The van der Waals surface area contributed by atoms with Gasteiger partial charge >= 0.3 is 0 Å². The average Bonchev–Trinajstić information content (AvgIpc) is 2.69. The first-order chi connectivity index (χ1) is 13.7. The number of sulfonamides is 1. The van der Waals surface area contributed by atoms with E-state index >= 15 is 0 Å². The van der Waals surface area contributed by atoms with Gasteiger partial charge in [0.1, 0.15) is 0 Å². The van der Waals surface area contributed by atoms with Crippen LogP contribution in [0.25, 0.3) is 0 Å². The Balaban J connectivity index is 1.56. The number of carbonyl (C=O) groups is 2. The Morgan fingerprint density at radius 3 is 2.31 bits per heavy atom. The first-order valence-corrected chi connectivity index (χ1v) is 12.3. The van der Waals surface area contributed by atoms with Crippen LogP contribution in [0.4, 0.5) is 5.69 Å². The van der Waals surface area contributed by atoms with E-state index in [1.165, 1.54) is 6.42 Å². The average molecular weight is 422 g/mol. The van der Waals surface area contributed by atoms with Crippen LogP contribution in [0.5, 0.6) is 0 Å². The molecule has 29 heavy (non-hydrogen) atoms. The maximum Gasteiger partial charge on any atom is 0.253 e. The second-order valence-electron chi connectivity index (χ2n) is 8.31. The van der Waals surface area contributed by atoms with Crippen molar-refractivity contribution in [2.24, 2.45) is 5.92 Å². The zero-order valence-corrected chi connectivity index (χ0v) is 18.1. The third kappa shape index (κ3) is 5.95. The van der Waals surface area contributed by atoms with Crippen molar-refractivity contribution in [1.29, 1.82) is 0 Å². The Morgan fingerprint density at radius 2 is 1.69 bits per heavy atom. The highest BCUT2D eigenvalue weighted by molar-refractivity contribution is 7.92. The first-order valence-electron chi connectivity index (χ1n) is 10.4. The molecule has 1 aliphatic heterocycles. The molecule has 2 aliphatic rings.